The Kier molecular flexibility index (Phi) is 9.54. The zero-order valence-electron chi connectivity index (χ0n) is 37.2. The molecule has 0 spiro atoms. The molecule has 0 N–H and O–H groups in total. The van der Waals surface area contributed by atoms with Gasteiger partial charge in [0.2, 0.25) is 0 Å². The molecule has 0 aliphatic rings. The lowest BCUT2D eigenvalue weighted by molar-refractivity contribution is 0.670. The molecule has 0 unspecified atom stereocenters. The van der Waals surface area contributed by atoms with Gasteiger partial charge in [-0.15, -0.1) is 0 Å². The zero-order chi connectivity index (χ0) is 45.0. The van der Waals surface area contributed by atoms with E-state index in [9.17, 15) is 0 Å². The van der Waals surface area contributed by atoms with Crippen LogP contribution in [0.4, 0.5) is 17.1 Å². The summed E-state index contributed by atoms with van der Waals surface area (Å²) in [5, 5.41) is 9.61. The Bertz CT molecular complexity index is 4000. The second kappa shape index (κ2) is 16.5. The molecule has 1 heterocycles. The van der Waals surface area contributed by atoms with Gasteiger partial charge >= 0.3 is 0 Å². The van der Waals surface area contributed by atoms with Gasteiger partial charge in [-0.2, -0.15) is 0 Å². The number of anilines is 3. The van der Waals surface area contributed by atoms with E-state index in [1.54, 1.807) is 0 Å². The first kappa shape index (κ1) is 39.4. The lowest BCUT2D eigenvalue weighted by Gasteiger charge is -2.27. The molecule has 13 aromatic rings. The molecule has 0 fully saturated rings. The maximum absolute atomic E-state index is 6.49. The van der Waals surface area contributed by atoms with E-state index in [0.717, 1.165) is 61.3 Å². The maximum atomic E-state index is 6.49. The van der Waals surface area contributed by atoms with E-state index in [1.807, 2.05) is 12.1 Å². The van der Waals surface area contributed by atoms with Gasteiger partial charge in [-0.25, -0.2) is 0 Å². The molecule has 0 aliphatic carbocycles. The number of furan rings is 1. The Morgan fingerprint density at radius 1 is 0.250 bits per heavy atom. The monoisotopic (exact) mass is 865 g/mol. The van der Waals surface area contributed by atoms with Gasteiger partial charge in [-0.1, -0.05) is 206 Å². The molecular formula is C66H43NO. The second-order valence-corrected chi connectivity index (χ2v) is 17.6. The second-order valence-electron chi connectivity index (χ2n) is 17.6. The molecule has 0 saturated heterocycles. The fourth-order valence-corrected chi connectivity index (χ4v) is 10.4. The number of hydrogen-bond acceptors (Lipinski definition) is 2. The molecule has 0 saturated carbocycles. The SMILES string of the molecule is c1ccc(-c2ccc3cc(N(c4ccc(-c5cccc6c5oc5ccccc56)cc4)c4cccc(-c5ccc6c(c5)c(-c5ccccc5)c(-c5ccccc5)c5ccccc56)c4)ccc3c2)cc1. The summed E-state index contributed by atoms with van der Waals surface area (Å²) in [7, 11) is 0. The topological polar surface area (TPSA) is 16.4 Å². The highest BCUT2D eigenvalue weighted by Crippen LogP contribution is 2.47. The van der Waals surface area contributed by atoms with Crippen molar-refractivity contribution in [3.8, 4) is 55.6 Å². The summed E-state index contributed by atoms with van der Waals surface area (Å²) in [4.78, 5) is 2.39. The summed E-state index contributed by atoms with van der Waals surface area (Å²) in [5.74, 6) is 0. The highest BCUT2D eigenvalue weighted by atomic mass is 16.3. The number of benzene rings is 12. The van der Waals surface area contributed by atoms with E-state index < -0.39 is 0 Å². The molecule has 0 bridgehead atoms. The lowest BCUT2D eigenvalue weighted by atomic mass is 9.84. The fraction of sp³-hybridized carbons (Fsp3) is 0. The van der Waals surface area contributed by atoms with Crippen LogP contribution < -0.4 is 4.90 Å². The highest BCUT2D eigenvalue weighted by Gasteiger charge is 2.20. The lowest BCUT2D eigenvalue weighted by Crippen LogP contribution is -2.10. The number of hydrogen-bond donors (Lipinski definition) is 0. The van der Waals surface area contributed by atoms with Crippen LogP contribution in [-0.2, 0) is 0 Å². The molecule has 0 aliphatic heterocycles. The molecule has 0 radical (unpaired) electrons. The van der Waals surface area contributed by atoms with Crippen molar-refractivity contribution < 1.29 is 4.42 Å². The van der Waals surface area contributed by atoms with Crippen LogP contribution in [0.2, 0.25) is 0 Å². The van der Waals surface area contributed by atoms with Crippen molar-refractivity contribution in [1.29, 1.82) is 0 Å². The minimum atomic E-state index is 0.900. The van der Waals surface area contributed by atoms with Crippen LogP contribution in [0.3, 0.4) is 0 Å². The van der Waals surface area contributed by atoms with Gasteiger partial charge in [0.1, 0.15) is 11.2 Å². The third-order valence-corrected chi connectivity index (χ3v) is 13.6. The number of rotatable bonds is 8. The smallest absolute Gasteiger partial charge is 0.143 e. The van der Waals surface area contributed by atoms with E-state index in [1.165, 1.54) is 65.7 Å². The average Bonchev–Trinajstić information content (AvgIpc) is 3.80. The van der Waals surface area contributed by atoms with E-state index in [4.69, 9.17) is 4.42 Å². The summed E-state index contributed by atoms with van der Waals surface area (Å²) in [6, 6.07) is 94.5. The van der Waals surface area contributed by atoms with Crippen molar-refractivity contribution in [2.45, 2.75) is 0 Å². The van der Waals surface area contributed by atoms with E-state index >= 15 is 0 Å². The maximum Gasteiger partial charge on any atom is 0.143 e. The van der Waals surface area contributed by atoms with Crippen LogP contribution in [-0.4, -0.2) is 0 Å². The van der Waals surface area contributed by atoms with Crippen molar-refractivity contribution in [1.82, 2.24) is 0 Å². The highest BCUT2D eigenvalue weighted by molar-refractivity contribution is 6.22. The molecule has 13 rings (SSSR count). The summed E-state index contributed by atoms with van der Waals surface area (Å²) < 4.78 is 6.49. The Labute approximate surface area is 395 Å². The van der Waals surface area contributed by atoms with E-state index in [0.29, 0.717) is 0 Å². The molecular weight excluding hydrogens is 823 g/mol. The van der Waals surface area contributed by atoms with Gasteiger partial charge < -0.3 is 9.32 Å². The molecule has 0 atom stereocenters. The van der Waals surface area contributed by atoms with Crippen molar-refractivity contribution in [2.24, 2.45) is 0 Å². The van der Waals surface area contributed by atoms with Crippen LogP contribution in [0.25, 0.3) is 110 Å². The quantitative estimate of drug-likeness (QED) is 0.142. The fourth-order valence-electron chi connectivity index (χ4n) is 10.4. The van der Waals surface area contributed by atoms with E-state index in [-0.39, 0.29) is 0 Å². The van der Waals surface area contributed by atoms with Crippen LogP contribution >= 0.6 is 0 Å². The molecule has 318 valence electrons. The van der Waals surface area contributed by atoms with Crippen molar-refractivity contribution in [3.63, 3.8) is 0 Å². The summed E-state index contributed by atoms with van der Waals surface area (Å²) in [6.45, 7) is 0. The van der Waals surface area contributed by atoms with Crippen molar-refractivity contribution in [3.05, 3.63) is 261 Å². The van der Waals surface area contributed by atoms with E-state index in [2.05, 4.69) is 254 Å². The first-order chi connectivity index (χ1) is 33.7. The zero-order valence-corrected chi connectivity index (χ0v) is 37.2. The van der Waals surface area contributed by atoms with Crippen molar-refractivity contribution >= 4 is 71.3 Å². The largest absolute Gasteiger partial charge is 0.455 e. The Hall–Kier alpha value is -8.98. The average molecular weight is 866 g/mol. The molecule has 12 aromatic carbocycles. The van der Waals surface area contributed by atoms with Crippen LogP contribution in [0.15, 0.2) is 265 Å². The number of nitrogens with zero attached hydrogens (tertiary/aromatic N) is 1. The number of fused-ring (bicyclic) bond motifs is 7. The third-order valence-electron chi connectivity index (χ3n) is 13.6. The first-order valence-electron chi connectivity index (χ1n) is 23.3. The Morgan fingerprint density at radius 3 is 1.51 bits per heavy atom. The predicted octanol–water partition coefficient (Wildman–Crippen LogP) is 18.9. The van der Waals surface area contributed by atoms with Gasteiger partial charge in [-0.05, 0) is 137 Å². The van der Waals surface area contributed by atoms with Gasteiger partial charge in [0.15, 0.2) is 0 Å². The summed E-state index contributed by atoms with van der Waals surface area (Å²) in [6.07, 6.45) is 0. The van der Waals surface area contributed by atoms with Crippen molar-refractivity contribution in [2.75, 3.05) is 4.90 Å². The number of para-hydroxylation sites is 2. The van der Waals surface area contributed by atoms with Gasteiger partial charge in [-0.3, -0.25) is 0 Å². The van der Waals surface area contributed by atoms with Gasteiger partial charge in [0.25, 0.3) is 0 Å². The van der Waals surface area contributed by atoms with Gasteiger partial charge in [0, 0.05) is 33.4 Å². The summed E-state index contributed by atoms with van der Waals surface area (Å²) >= 11 is 0. The molecule has 2 nitrogen and oxygen atoms in total. The Balaban J connectivity index is 0.969. The normalized spacial score (nSPS) is 11.5. The molecule has 0 amide bonds. The van der Waals surface area contributed by atoms with Crippen LogP contribution in [0.5, 0.6) is 0 Å². The standard InChI is InChI=1S/C66H43NO/c1-4-16-44(17-5-1)49-30-31-51-42-55(38-34-50(51)40-49)67(53-36-32-45(33-37-53)56-27-15-28-61-59-25-12-13-29-63(59)68-66(56)61)54-23-14-22-48(41-54)52-35-39-58-57-24-10-11-26-60(57)64(46-18-6-2-7-19-46)65(62(58)43-52)47-20-8-3-9-21-47/h1-43H. The third kappa shape index (κ3) is 6.82. The molecule has 2 heteroatoms. The van der Waals surface area contributed by atoms with Gasteiger partial charge in [0.05, 0.1) is 0 Å². The summed E-state index contributed by atoms with van der Waals surface area (Å²) in [5.41, 5.74) is 16.8. The van der Waals surface area contributed by atoms with Crippen LogP contribution in [0, 0.1) is 0 Å². The molecule has 1 aromatic heterocycles. The molecule has 68 heavy (non-hydrogen) atoms. The minimum absolute atomic E-state index is 0.900. The Morgan fingerprint density at radius 2 is 0.750 bits per heavy atom. The minimum Gasteiger partial charge on any atom is -0.455 e. The van der Waals surface area contributed by atoms with Crippen LogP contribution in [0.1, 0.15) is 0 Å². The predicted molar refractivity (Wildman–Crippen MR) is 288 cm³/mol. The first-order valence-corrected chi connectivity index (χ1v) is 23.3.